The fourth-order valence-electron chi connectivity index (χ4n) is 1.79. The number of nitrogens with one attached hydrogen (secondary N) is 1. The van der Waals surface area contributed by atoms with Crippen molar-refractivity contribution < 1.29 is 4.74 Å². The monoisotopic (exact) mass is 240 g/mol. The molecule has 0 radical (unpaired) electrons. The molecular formula is C12H24N4O. The SMILES string of the molecule is CCc1cc(CC(NN)C(C)(C)OC)n(C)n1. The van der Waals surface area contributed by atoms with E-state index in [9.17, 15) is 0 Å². The largest absolute Gasteiger partial charge is 0.377 e. The summed E-state index contributed by atoms with van der Waals surface area (Å²) in [5.41, 5.74) is 4.78. The van der Waals surface area contributed by atoms with Crippen molar-refractivity contribution in [3.05, 3.63) is 17.5 Å². The summed E-state index contributed by atoms with van der Waals surface area (Å²) in [6, 6.07) is 2.17. The topological polar surface area (TPSA) is 65.1 Å². The van der Waals surface area contributed by atoms with Crippen LogP contribution in [0, 0.1) is 0 Å². The van der Waals surface area contributed by atoms with Crippen LogP contribution in [0.5, 0.6) is 0 Å². The van der Waals surface area contributed by atoms with Crippen LogP contribution in [0.3, 0.4) is 0 Å². The van der Waals surface area contributed by atoms with E-state index < -0.39 is 0 Å². The normalized spacial score (nSPS) is 14.0. The Morgan fingerprint density at radius 3 is 2.65 bits per heavy atom. The molecule has 0 bridgehead atoms. The zero-order chi connectivity index (χ0) is 13.1. The molecule has 1 heterocycles. The number of aryl methyl sites for hydroxylation is 2. The number of hydrogen-bond acceptors (Lipinski definition) is 4. The van der Waals surface area contributed by atoms with E-state index >= 15 is 0 Å². The van der Waals surface area contributed by atoms with Crippen LogP contribution in [0.15, 0.2) is 6.07 Å². The van der Waals surface area contributed by atoms with Crippen molar-refractivity contribution in [2.24, 2.45) is 12.9 Å². The fourth-order valence-corrected chi connectivity index (χ4v) is 1.79. The van der Waals surface area contributed by atoms with E-state index in [2.05, 4.69) is 23.5 Å². The van der Waals surface area contributed by atoms with Gasteiger partial charge in [-0.2, -0.15) is 5.10 Å². The van der Waals surface area contributed by atoms with E-state index in [4.69, 9.17) is 10.6 Å². The molecule has 0 aliphatic heterocycles. The highest BCUT2D eigenvalue weighted by molar-refractivity contribution is 5.12. The first-order valence-electron chi connectivity index (χ1n) is 5.97. The molecule has 98 valence electrons. The molecule has 0 spiro atoms. The Morgan fingerprint density at radius 2 is 2.24 bits per heavy atom. The quantitative estimate of drug-likeness (QED) is 0.570. The molecule has 3 N–H and O–H groups in total. The maximum Gasteiger partial charge on any atom is 0.0792 e. The number of nitrogens with zero attached hydrogens (tertiary/aromatic N) is 2. The predicted molar refractivity (Wildman–Crippen MR) is 68.5 cm³/mol. The van der Waals surface area contributed by atoms with Crippen molar-refractivity contribution in [2.45, 2.75) is 45.3 Å². The molecule has 5 heteroatoms. The van der Waals surface area contributed by atoms with Crippen molar-refractivity contribution in [3.63, 3.8) is 0 Å². The van der Waals surface area contributed by atoms with Crippen molar-refractivity contribution in [1.82, 2.24) is 15.2 Å². The number of ether oxygens (including phenoxy) is 1. The van der Waals surface area contributed by atoms with Gasteiger partial charge in [0.15, 0.2) is 0 Å². The summed E-state index contributed by atoms with van der Waals surface area (Å²) in [7, 11) is 3.66. The Balaban J connectivity index is 2.84. The molecule has 17 heavy (non-hydrogen) atoms. The molecule has 5 nitrogen and oxygen atoms in total. The second kappa shape index (κ2) is 5.62. The Kier molecular flexibility index (Phi) is 4.68. The molecule has 0 aliphatic rings. The van der Waals surface area contributed by atoms with E-state index in [1.165, 1.54) is 0 Å². The Bertz CT molecular complexity index is 359. The molecular weight excluding hydrogens is 216 g/mol. The molecule has 0 amide bonds. The van der Waals surface area contributed by atoms with Gasteiger partial charge in [-0.25, -0.2) is 0 Å². The summed E-state index contributed by atoms with van der Waals surface area (Å²) in [4.78, 5) is 0. The van der Waals surface area contributed by atoms with Crippen LogP contribution in [-0.2, 0) is 24.6 Å². The van der Waals surface area contributed by atoms with Gasteiger partial charge in [-0.3, -0.25) is 16.0 Å². The van der Waals surface area contributed by atoms with Gasteiger partial charge in [-0.1, -0.05) is 6.92 Å². The lowest BCUT2D eigenvalue weighted by molar-refractivity contribution is -0.0105. The number of methoxy groups -OCH3 is 1. The minimum Gasteiger partial charge on any atom is -0.377 e. The average Bonchev–Trinajstić information content (AvgIpc) is 2.66. The maximum atomic E-state index is 5.61. The number of aromatic nitrogens is 2. The van der Waals surface area contributed by atoms with E-state index in [-0.39, 0.29) is 11.6 Å². The van der Waals surface area contributed by atoms with Crippen LogP contribution in [0.4, 0.5) is 0 Å². The zero-order valence-electron chi connectivity index (χ0n) is 11.4. The first-order valence-corrected chi connectivity index (χ1v) is 5.97. The Morgan fingerprint density at radius 1 is 1.59 bits per heavy atom. The predicted octanol–water partition coefficient (Wildman–Crippen LogP) is 0.782. The van der Waals surface area contributed by atoms with Crippen molar-refractivity contribution in [2.75, 3.05) is 7.11 Å². The molecule has 1 rings (SSSR count). The van der Waals surface area contributed by atoms with Gasteiger partial charge in [0, 0.05) is 26.3 Å². The third kappa shape index (κ3) is 3.28. The van der Waals surface area contributed by atoms with Gasteiger partial charge < -0.3 is 4.74 Å². The molecule has 0 saturated carbocycles. The number of hydrazine groups is 1. The average molecular weight is 240 g/mol. The molecule has 0 fully saturated rings. The highest BCUT2D eigenvalue weighted by Crippen LogP contribution is 2.18. The first kappa shape index (κ1) is 14.2. The minimum absolute atomic E-state index is 0.0487. The highest BCUT2D eigenvalue weighted by atomic mass is 16.5. The Labute approximate surface area is 103 Å². The smallest absolute Gasteiger partial charge is 0.0792 e. The van der Waals surface area contributed by atoms with E-state index in [0.717, 1.165) is 24.2 Å². The third-order valence-electron chi connectivity index (χ3n) is 3.37. The van der Waals surface area contributed by atoms with Crippen LogP contribution in [-0.4, -0.2) is 28.5 Å². The van der Waals surface area contributed by atoms with Gasteiger partial charge in [0.2, 0.25) is 0 Å². The lowest BCUT2D eigenvalue weighted by atomic mass is 9.94. The zero-order valence-corrected chi connectivity index (χ0v) is 11.4. The highest BCUT2D eigenvalue weighted by Gasteiger charge is 2.29. The molecule has 1 aromatic heterocycles. The summed E-state index contributed by atoms with van der Waals surface area (Å²) in [5, 5.41) is 4.43. The van der Waals surface area contributed by atoms with Gasteiger partial charge in [0.25, 0.3) is 0 Å². The van der Waals surface area contributed by atoms with Crippen molar-refractivity contribution in [3.8, 4) is 0 Å². The van der Waals surface area contributed by atoms with Gasteiger partial charge in [0.05, 0.1) is 17.3 Å². The van der Waals surface area contributed by atoms with Crippen LogP contribution >= 0.6 is 0 Å². The number of nitrogens with two attached hydrogens (primary N) is 1. The Hall–Kier alpha value is -0.910. The molecule has 1 unspecified atom stereocenters. The van der Waals surface area contributed by atoms with Crippen LogP contribution in [0.25, 0.3) is 0 Å². The summed E-state index contributed by atoms with van der Waals surface area (Å²) in [6.07, 6.45) is 1.74. The summed E-state index contributed by atoms with van der Waals surface area (Å²) >= 11 is 0. The van der Waals surface area contributed by atoms with Gasteiger partial charge in [-0.15, -0.1) is 0 Å². The summed E-state index contributed by atoms with van der Waals surface area (Å²) in [5.74, 6) is 5.61. The third-order valence-corrected chi connectivity index (χ3v) is 3.37. The van der Waals surface area contributed by atoms with E-state index in [0.29, 0.717) is 0 Å². The molecule has 0 aliphatic carbocycles. The van der Waals surface area contributed by atoms with Crippen molar-refractivity contribution in [1.29, 1.82) is 0 Å². The van der Waals surface area contributed by atoms with Crippen LogP contribution in [0.1, 0.15) is 32.2 Å². The first-order chi connectivity index (χ1) is 7.94. The van der Waals surface area contributed by atoms with Gasteiger partial charge in [0.1, 0.15) is 0 Å². The van der Waals surface area contributed by atoms with E-state index in [1.54, 1.807) is 7.11 Å². The molecule has 0 aromatic carbocycles. The van der Waals surface area contributed by atoms with E-state index in [1.807, 2.05) is 25.6 Å². The van der Waals surface area contributed by atoms with Gasteiger partial charge >= 0.3 is 0 Å². The van der Waals surface area contributed by atoms with Crippen molar-refractivity contribution >= 4 is 0 Å². The number of hydrogen-bond donors (Lipinski definition) is 2. The lowest BCUT2D eigenvalue weighted by Crippen LogP contribution is -2.52. The molecule has 1 aromatic rings. The summed E-state index contributed by atoms with van der Waals surface area (Å²) in [6.45, 7) is 6.15. The van der Waals surface area contributed by atoms with Crippen LogP contribution < -0.4 is 11.3 Å². The minimum atomic E-state index is -0.314. The maximum absolute atomic E-state index is 5.61. The van der Waals surface area contributed by atoms with Crippen LogP contribution in [0.2, 0.25) is 0 Å². The second-order valence-electron chi connectivity index (χ2n) is 4.84. The fraction of sp³-hybridized carbons (Fsp3) is 0.750. The number of rotatable bonds is 6. The summed E-state index contributed by atoms with van der Waals surface area (Å²) < 4.78 is 7.38. The second-order valence-corrected chi connectivity index (χ2v) is 4.84. The molecule has 1 atom stereocenters. The molecule has 0 saturated heterocycles. The standard InChI is InChI=1S/C12H24N4O/c1-6-9-7-10(16(4)15-9)8-11(14-13)12(2,3)17-5/h7,11,14H,6,8,13H2,1-5H3. The lowest BCUT2D eigenvalue weighted by Gasteiger charge is -2.32. The van der Waals surface area contributed by atoms with Gasteiger partial charge in [-0.05, 0) is 26.3 Å².